The van der Waals surface area contributed by atoms with E-state index < -0.39 is 0 Å². The number of aromatic nitrogens is 4. The summed E-state index contributed by atoms with van der Waals surface area (Å²) < 4.78 is 16.1. The van der Waals surface area contributed by atoms with E-state index in [0.29, 0.717) is 37.1 Å². The van der Waals surface area contributed by atoms with Gasteiger partial charge < -0.3 is 5.32 Å². The summed E-state index contributed by atoms with van der Waals surface area (Å²) in [5.74, 6) is -0.334. The molecule has 0 atom stereocenters. The molecule has 0 saturated carbocycles. The van der Waals surface area contributed by atoms with Crippen molar-refractivity contribution in [2.24, 2.45) is 5.41 Å². The summed E-state index contributed by atoms with van der Waals surface area (Å²) in [5, 5.41) is 7.50. The SMILES string of the molecule is CC(C)(C)CC(=O)NCCn1ncc2c(=O)n(Cc3ccc(F)cc3)cnc21. The fourth-order valence-corrected chi connectivity index (χ4v) is 2.91. The average Bonchev–Trinajstić information content (AvgIpc) is 3.01. The zero-order valence-corrected chi connectivity index (χ0v) is 16.3. The molecule has 0 bridgehead atoms. The van der Waals surface area contributed by atoms with Crippen LogP contribution in [0.4, 0.5) is 4.39 Å². The lowest BCUT2D eigenvalue weighted by atomic mass is 9.92. The number of nitrogens with zero attached hydrogens (tertiary/aromatic N) is 4. The highest BCUT2D eigenvalue weighted by Gasteiger charge is 2.16. The molecule has 3 rings (SSSR count). The first kappa shape index (κ1) is 19.7. The Bertz CT molecular complexity index is 1030. The first-order chi connectivity index (χ1) is 13.2. The second-order valence-corrected chi connectivity index (χ2v) is 8.00. The second kappa shape index (κ2) is 7.92. The molecule has 7 nitrogen and oxygen atoms in total. The predicted octanol–water partition coefficient (Wildman–Crippen LogP) is 2.33. The van der Waals surface area contributed by atoms with Crippen LogP contribution in [-0.4, -0.2) is 31.8 Å². The van der Waals surface area contributed by atoms with Gasteiger partial charge in [-0.05, 0) is 23.1 Å². The highest BCUT2D eigenvalue weighted by atomic mass is 19.1. The van der Waals surface area contributed by atoms with Gasteiger partial charge in [0, 0.05) is 13.0 Å². The van der Waals surface area contributed by atoms with Crippen LogP contribution < -0.4 is 10.9 Å². The number of hydrogen-bond donors (Lipinski definition) is 1. The quantitative estimate of drug-likeness (QED) is 0.706. The van der Waals surface area contributed by atoms with Gasteiger partial charge >= 0.3 is 0 Å². The summed E-state index contributed by atoms with van der Waals surface area (Å²) in [6.45, 7) is 7.16. The molecule has 0 radical (unpaired) electrons. The maximum absolute atomic E-state index is 13.0. The summed E-state index contributed by atoms with van der Waals surface area (Å²) in [6.07, 6.45) is 3.40. The van der Waals surface area contributed by atoms with Crippen LogP contribution >= 0.6 is 0 Å². The minimum atomic E-state index is -0.319. The van der Waals surface area contributed by atoms with E-state index in [1.165, 1.54) is 29.2 Å². The van der Waals surface area contributed by atoms with E-state index >= 15 is 0 Å². The van der Waals surface area contributed by atoms with Crippen molar-refractivity contribution in [3.05, 3.63) is 58.5 Å². The lowest BCUT2D eigenvalue weighted by molar-refractivity contribution is -0.122. The fraction of sp³-hybridized carbons (Fsp3) is 0.400. The Morgan fingerprint density at radius 3 is 2.61 bits per heavy atom. The molecule has 28 heavy (non-hydrogen) atoms. The molecule has 8 heteroatoms. The zero-order valence-electron chi connectivity index (χ0n) is 16.3. The highest BCUT2D eigenvalue weighted by molar-refractivity contribution is 5.76. The van der Waals surface area contributed by atoms with E-state index in [4.69, 9.17) is 0 Å². The van der Waals surface area contributed by atoms with Gasteiger partial charge in [-0.25, -0.2) is 14.1 Å². The minimum Gasteiger partial charge on any atom is -0.354 e. The van der Waals surface area contributed by atoms with Crippen molar-refractivity contribution in [3.63, 3.8) is 0 Å². The first-order valence-electron chi connectivity index (χ1n) is 9.15. The van der Waals surface area contributed by atoms with Gasteiger partial charge in [0.2, 0.25) is 5.91 Å². The number of carbonyl (C=O) groups excluding carboxylic acids is 1. The topological polar surface area (TPSA) is 81.8 Å². The van der Waals surface area contributed by atoms with Gasteiger partial charge in [0.1, 0.15) is 17.5 Å². The first-order valence-corrected chi connectivity index (χ1v) is 9.15. The van der Waals surface area contributed by atoms with Crippen molar-refractivity contribution >= 4 is 16.9 Å². The Labute approximate surface area is 162 Å². The van der Waals surface area contributed by atoms with E-state index in [0.717, 1.165) is 5.56 Å². The van der Waals surface area contributed by atoms with Gasteiger partial charge in [-0.1, -0.05) is 32.9 Å². The van der Waals surface area contributed by atoms with Gasteiger partial charge in [-0.3, -0.25) is 14.2 Å². The third kappa shape index (κ3) is 4.82. The number of fused-ring (bicyclic) bond motifs is 1. The van der Waals surface area contributed by atoms with Crippen molar-refractivity contribution in [2.75, 3.05) is 6.54 Å². The second-order valence-electron chi connectivity index (χ2n) is 8.00. The number of amides is 1. The highest BCUT2D eigenvalue weighted by Crippen LogP contribution is 2.17. The average molecular weight is 385 g/mol. The van der Waals surface area contributed by atoms with Gasteiger partial charge in [0.25, 0.3) is 5.56 Å². The third-order valence-corrected chi connectivity index (χ3v) is 4.23. The number of carbonyl (C=O) groups is 1. The van der Waals surface area contributed by atoms with Crippen LogP contribution in [0, 0.1) is 11.2 Å². The maximum atomic E-state index is 13.0. The Morgan fingerprint density at radius 1 is 1.21 bits per heavy atom. The van der Waals surface area contributed by atoms with Crippen molar-refractivity contribution in [2.45, 2.75) is 40.3 Å². The van der Waals surface area contributed by atoms with Crippen LogP contribution in [0.25, 0.3) is 11.0 Å². The van der Waals surface area contributed by atoms with Crippen molar-refractivity contribution < 1.29 is 9.18 Å². The van der Waals surface area contributed by atoms with Crippen molar-refractivity contribution in [1.29, 1.82) is 0 Å². The zero-order chi connectivity index (χ0) is 20.3. The van der Waals surface area contributed by atoms with Gasteiger partial charge in [0.05, 0.1) is 19.3 Å². The molecule has 1 amide bonds. The van der Waals surface area contributed by atoms with E-state index in [9.17, 15) is 14.0 Å². The summed E-state index contributed by atoms with van der Waals surface area (Å²) >= 11 is 0. The van der Waals surface area contributed by atoms with Gasteiger partial charge in [-0.15, -0.1) is 0 Å². The lowest BCUT2D eigenvalue weighted by Gasteiger charge is -2.17. The number of halogens is 1. The summed E-state index contributed by atoms with van der Waals surface area (Å²) in [7, 11) is 0. The molecule has 2 heterocycles. The van der Waals surface area contributed by atoms with E-state index in [1.54, 1.807) is 16.8 Å². The molecule has 0 aliphatic heterocycles. The van der Waals surface area contributed by atoms with Crippen LogP contribution in [0.5, 0.6) is 0 Å². The van der Waals surface area contributed by atoms with Crippen LogP contribution in [-0.2, 0) is 17.9 Å². The fourth-order valence-electron chi connectivity index (χ4n) is 2.91. The maximum Gasteiger partial charge on any atom is 0.264 e. The molecule has 0 aliphatic rings. The van der Waals surface area contributed by atoms with Gasteiger partial charge in [0.15, 0.2) is 5.65 Å². The number of rotatable bonds is 6. The molecule has 1 N–H and O–H groups in total. The third-order valence-electron chi connectivity index (χ3n) is 4.23. The molecular weight excluding hydrogens is 361 g/mol. The molecule has 148 valence electrons. The van der Waals surface area contributed by atoms with E-state index in [-0.39, 0.29) is 22.7 Å². The molecule has 0 saturated heterocycles. The molecule has 1 aromatic carbocycles. The molecule has 0 fully saturated rings. The monoisotopic (exact) mass is 385 g/mol. The van der Waals surface area contributed by atoms with Crippen LogP contribution in [0.15, 0.2) is 41.6 Å². The predicted molar refractivity (Wildman–Crippen MR) is 104 cm³/mol. The molecule has 0 unspecified atom stereocenters. The summed E-state index contributed by atoms with van der Waals surface area (Å²) in [6, 6.07) is 5.99. The van der Waals surface area contributed by atoms with Crippen molar-refractivity contribution in [1.82, 2.24) is 24.6 Å². The summed E-state index contributed by atoms with van der Waals surface area (Å²) in [4.78, 5) is 28.9. The van der Waals surface area contributed by atoms with Crippen LogP contribution in [0.1, 0.15) is 32.8 Å². The molecule has 0 aliphatic carbocycles. The Kier molecular flexibility index (Phi) is 5.58. The lowest BCUT2D eigenvalue weighted by Crippen LogP contribution is -2.30. The summed E-state index contributed by atoms with van der Waals surface area (Å²) in [5.41, 5.74) is 1.00. The molecule has 3 aromatic rings. The molecule has 2 aromatic heterocycles. The van der Waals surface area contributed by atoms with E-state index in [2.05, 4.69) is 15.4 Å². The standard InChI is InChI=1S/C20H24FN5O2/c1-20(2,3)10-17(27)22-8-9-26-18-16(11-24-26)19(28)25(13-23-18)12-14-4-6-15(21)7-5-14/h4-7,11,13H,8-10,12H2,1-3H3,(H,22,27). The van der Waals surface area contributed by atoms with Crippen molar-refractivity contribution in [3.8, 4) is 0 Å². The number of nitrogens with one attached hydrogen (secondary N) is 1. The Hall–Kier alpha value is -3.03. The Balaban J connectivity index is 1.69. The smallest absolute Gasteiger partial charge is 0.264 e. The van der Waals surface area contributed by atoms with E-state index in [1.807, 2.05) is 20.8 Å². The largest absolute Gasteiger partial charge is 0.354 e. The van der Waals surface area contributed by atoms with Crippen LogP contribution in [0.2, 0.25) is 0 Å². The molecular formula is C20H24FN5O2. The number of benzene rings is 1. The minimum absolute atomic E-state index is 0.0152. The number of hydrogen-bond acceptors (Lipinski definition) is 4. The molecule has 0 spiro atoms. The Morgan fingerprint density at radius 2 is 1.93 bits per heavy atom. The normalized spacial score (nSPS) is 11.7. The van der Waals surface area contributed by atoms with Crippen LogP contribution in [0.3, 0.4) is 0 Å². The van der Waals surface area contributed by atoms with Gasteiger partial charge in [-0.2, -0.15) is 5.10 Å².